The van der Waals surface area contributed by atoms with Crippen LogP contribution in [0.4, 0.5) is 8.78 Å². The van der Waals surface area contributed by atoms with Gasteiger partial charge < -0.3 is 15.2 Å². The molecule has 1 aliphatic heterocycles. The van der Waals surface area contributed by atoms with Gasteiger partial charge in [-0.1, -0.05) is 0 Å². The van der Waals surface area contributed by atoms with Gasteiger partial charge in [0, 0.05) is 11.6 Å². The molecule has 0 amide bonds. The number of benzene rings is 1. The molecule has 5 heteroatoms. The van der Waals surface area contributed by atoms with Crippen LogP contribution >= 0.6 is 0 Å². The zero-order valence-corrected chi connectivity index (χ0v) is 8.56. The quantitative estimate of drug-likeness (QED) is 0.793. The fourth-order valence-electron chi connectivity index (χ4n) is 1.96. The van der Waals surface area contributed by atoms with Crippen LogP contribution in [0.3, 0.4) is 0 Å². The summed E-state index contributed by atoms with van der Waals surface area (Å²) in [6, 6.07) is 1.01. The van der Waals surface area contributed by atoms with Crippen LogP contribution in [0.15, 0.2) is 6.07 Å². The highest BCUT2D eigenvalue weighted by molar-refractivity contribution is 5.53. The Morgan fingerprint density at radius 1 is 1.19 bits per heavy atom. The number of hydrogen-bond donors (Lipinski definition) is 1. The van der Waals surface area contributed by atoms with Gasteiger partial charge in [-0.3, -0.25) is 0 Å². The summed E-state index contributed by atoms with van der Waals surface area (Å²) in [7, 11) is 0. The van der Waals surface area contributed by atoms with Gasteiger partial charge in [0.05, 0.1) is 5.56 Å². The Bertz CT molecular complexity index is 458. The minimum atomic E-state index is -0.934. The number of nitrogens with two attached hydrogens (primary N) is 1. The standard InChI is InChI=1S/C11H11F2NO2/c12-6-5-7-10(16-4-3-15-7)8(9(6)13)11(14)1-2-11/h5H,1-4,14H2. The molecule has 1 aromatic carbocycles. The van der Waals surface area contributed by atoms with Gasteiger partial charge in [0.1, 0.15) is 13.2 Å². The van der Waals surface area contributed by atoms with Crippen molar-refractivity contribution in [3.05, 3.63) is 23.3 Å². The predicted molar refractivity (Wildman–Crippen MR) is 52.4 cm³/mol. The number of ether oxygens (including phenoxy) is 2. The van der Waals surface area contributed by atoms with Crippen LogP contribution in [0.5, 0.6) is 11.5 Å². The largest absolute Gasteiger partial charge is 0.486 e. The Kier molecular flexibility index (Phi) is 1.89. The fraction of sp³-hybridized carbons (Fsp3) is 0.455. The maximum Gasteiger partial charge on any atom is 0.169 e. The van der Waals surface area contributed by atoms with Gasteiger partial charge in [-0.05, 0) is 12.8 Å². The van der Waals surface area contributed by atoms with Gasteiger partial charge in [-0.25, -0.2) is 8.78 Å². The molecule has 86 valence electrons. The summed E-state index contributed by atoms with van der Waals surface area (Å²) in [4.78, 5) is 0. The van der Waals surface area contributed by atoms with Gasteiger partial charge >= 0.3 is 0 Å². The second kappa shape index (κ2) is 3.07. The maximum absolute atomic E-state index is 13.7. The lowest BCUT2D eigenvalue weighted by Gasteiger charge is -2.24. The molecule has 2 aliphatic rings. The molecular formula is C11H11F2NO2. The van der Waals surface area contributed by atoms with Gasteiger partial charge in [0.25, 0.3) is 0 Å². The number of hydrogen-bond acceptors (Lipinski definition) is 3. The molecule has 0 radical (unpaired) electrons. The minimum absolute atomic E-state index is 0.127. The molecule has 1 aromatic rings. The SMILES string of the molecule is NC1(c2c(F)c(F)cc3c2OCCO3)CC1. The molecule has 1 aliphatic carbocycles. The lowest BCUT2D eigenvalue weighted by atomic mass is 10.0. The monoisotopic (exact) mass is 227 g/mol. The summed E-state index contributed by atoms with van der Waals surface area (Å²) < 4.78 is 37.7. The van der Waals surface area contributed by atoms with E-state index in [1.165, 1.54) is 0 Å². The third-order valence-electron chi connectivity index (χ3n) is 3.01. The van der Waals surface area contributed by atoms with E-state index in [9.17, 15) is 8.78 Å². The first-order valence-electron chi connectivity index (χ1n) is 5.19. The minimum Gasteiger partial charge on any atom is -0.486 e. The molecule has 2 N–H and O–H groups in total. The van der Waals surface area contributed by atoms with Crippen LogP contribution in [0, 0.1) is 11.6 Å². The zero-order chi connectivity index (χ0) is 11.3. The molecule has 1 heterocycles. The molecule has 0 spiro atoms. The number of halogens is 2. The third-order valence-corrected chi connectivity index (χ3v) is 3.01. The molecule has 0 aromatic heterocycles. The van der Waals surface area contributed by atoms with Crippen molar-refractivity contribution in [1.82, 2.24) is 0 Å². The third kappa shape index (κ3) is 1.28. The van der Waals surface area contributed by atoms with Crippen LogP contribution in [0.25, 0.3) is 0 Å². The summed E-state index contributed by atoms with van der Waals surface area (Å²) in [5, 5.41) is 0. The van der Waals surface area contributed by atoms with E-state index >= 15 is 0 Å². The first kappa shape index (κ1) is 9.84. The van der Waals surface area contributed by atoms with Crippen LogP contribution in [-0.2, 0) is 5.54 Å². The Morgan fingerprint density at radius 2 is 1.88 bits per heavy atom. The van der Waals surface area contributed by atoms with E-state index in [2.05, 4.69) is 0 Å². The number of rotatable bonds is 1. The van der Waals surface area contributed by atoms with Crippen molar-refractivity contribution in [3.63, 3.8) is 0 Å². The van der Waals surface area contributed by atoms with Crippen molar-refractivity contribution < 1.29 is 18.3 Å². The molecule has 3 rings (SSSR count). The van der Waals surface area contributed by atoms with E-state index in [0.29, 0.717) is 26.1 Å². The van der Waals surface area contributed by atoms with Crippen LogP contribution < -0.4 is 15.2 Å². The van der Waals surface area contributed by atoms with Crippen molar-refractivity contribution in [3.8, 4) is 11.5 Å². The maximum atomic E-state index is 13.7. The Morgan fingerprint density at radius 3 is 2.56 bits per heavy atom. The van der Waals surface area contributed by atoms with Crippen LogP contribution in [0.1, 0.15) is 18.4 Å². The fourth-order valence-corrected chi connectivity index (χ4v) is 1.96. The normalized spacial score (nSPS) is 20.7. The van der Waals surface area contributed by atoms with Crippen molar-refractivity contribution in [2.45, 2.75) is 18.4 Å². The first-order valence-corrected chi connectivity index (χ1v) is 5.19. The average molecular weight is 227 g/mol. The molecule has 16 heavy (non-hydrogen) atoms. The van der Waals surface area contributed by atoms with E-state index in [0.717, 1.165) is 6.07 Å². The highest BCUT2D eigenvalue weighted by atomic mass is 19.2. The molecule has 0 atom stereocenters. The van der Waals surface area contributed by atoms with Gasteiger partial charge in [-0.2, -0.15) is 0 Å². The predicted octanol–water partition coefficient (Wildman–Crippen LogP) is 1.68. The Labute approximate surface area is 91.1 Å². The van der Waals surface area contributed by atoms with Crippen molar-refractivity contribution in [1.29, 1.82) is 0 Å². The second-order valence-electron chi connectivity index (χ2n) is 4.23. The van der Waals surface area contributed by atoms with E-state index in [-0.39, 0.29) is 17.1 Å². The molecular weight excluding hydrogens is 216 g/mol. The smallest absolute Gasteiger partial charge is 0.169 e. The van der Waals surface area contributed by atoms with Crippen LogP contribution in [0.2, 0.25) is 0 Å². The summed E-state index contributed by atoms with van der Waals surface area (Å²) >= 11 is 0. The molecule has 1 saturated carbocycles. The highest BCUT2D eigenvalue weighted by Crippen LogP contribution is 2.51. The van der Waals surface area contributed by atoms with E-state index < -0.39 is 17.2 Å². The first-order chi connectivity index (χ1) is 7.62. The van der Waals surface area contributed by atoms with Gasteiger partial charge in [0.15, 0.2) is 23.1 Å². The van der Waals surface area contributed by atoms with Gasteiger partial charge in [0.2, 0.25) is 0 Å². The van der Waals surface area contributed by atoms with Crippen molar-refractivity contribution in [2.24, 2.45) is 5.73 Å². The van der Waals surface area contributed by atoms with E-state index in [1.54, 1.807) is 0 Å². The van der Waals surface area contributed by atoms with Crippen LogP contribution in [-0.4, -0.2) is 13.2 Å². The topological polar surface area (TPSA) is 44.5 Å². The van der Waals surface area contributed by atoms with Crippen molar-refractivity contribution in [2.75, 3.05) is 13.2 Å². The van der Waals surface area contributed by atoms with E-state index in [4.69, 9.17) is 15.2 Å². The van der Waals surface area contributed by atoms with Crippen molar-refractivity contribution >= 4 is 0 Å². The van der Waals surface area contributed by atoms with Gasteiger partial charge in [-0.15, -0.1) is 0 Å². The average Bonchev–Trinajstić information content (AvgIpc) is 2.99. The second-order valence-corrected chi connectivity index (χ2v) is 4.23. The molecule has 0 saturated heterocycles. The van der Waals surface area contributed by atoms with E-state index in [1.807, 2.05) is 0 Å². The lowest BCUT2D eigenvalue weighted by molar-refractivity contribution is 0.166. The molecule has 0 bridgehead atoms. The summed E-state index contributed by atoms with van der Waals surface area (Å²) in [6.45, 7) is 0.677. The summed E-state index contributed by atoms with van der Waals surface area (Å²) in [5.41, 5.74) is 5.27. The molecule has 3 nitrogen and oxygen atoms in total. The lowest BCUT2D eigenvalue weighted by Crippen LogP contribution is -2.26. The number of fused-ring (bicyclic) bond motifs is 1. The molecule has 0 unspecified atom stereocenters. The molecule has 1 fully saturated rings. The zero-order valence-electron chi connectivity index (χ0n) is 8.56. The Balaban J connectivity index is 2.23. The summed E-state index contributed by atoms with van der Waals surface area (Å²) in [5.74, 6) is -1.33. The Hall–Kier alpha value is -1.36. The highest BCUT2D eigenvalue weighted by Gasteiger charge is 2.46. The summed E-state index contributed by atoms with van der Waals surface area (Å²) in [6.07, 6.45) is 1.28.